The first kappa shape index (κ1) is 17.3. The highest BCUT2D eigenvalue weighted by molar-refractivity contribution is 7.89. The summed E-state index contributed by atoms with van der Waals surface area (Å²) < 4.78 is 25.8. The van der Waals surface area contributed by atoms with Crippen molar-refractivity contribution in [3.05, 3.63) is 18.2 Å². The lowest BCUT2D eigenvalue weighted by molar-refractivity contribution is 0.588. The maximum absolute atomic E-state index is 11.8. The van der Waals surface area contributed by atoms with Gasteiger partial charge >= 0.3 is 0 Å². The van der Waals surface area contributed by atoms with Crippen molar-refractivity contribution in [2.45, 2.75) is 25.2 Å². The van der Waals surface area contributed by atoms with E-state index < -0.39 is 10.0 Å². The van der Waals surface area contributed by atoms with Gasteiger partial charge in [0.1, 0.15) is 0 Å². The molecule has 0 amide bonds. The summed E-state index contributed by atoms with van der Waals surface area (Å²) >= 11 is 0. The van der Waals surface area contributed by atoms with E-state index in [0.717, 1.165) is 12.2 Å². The Balaban J connectivity index is 3.13. The van der Waals surface area contributed by atoms with Crippen LogP contribution in [0.3, 0.4) is 0 Å². The number of rotatable bonds is 7. The van der Waals surface area contributed by atoms with Crippen LogP contribution in [-0.4, -0.2) is 28.6 Å². The van der Waals surface area contributed by atoms with Gasteiger partial charge in [0.2, 0.25) is 10.0 Å². The Bertz CT molecular complexity index is 620. The number of sulfonamides is 1. The van der Waals surface area contributed by atoms with Gasteiger partial charge in [-0.05, 0) is 31.2 Å². The van der Waals surface area contributed by atoms with Gasteiger partial charge in [0, 0.05) is 13.1 Å². The first-order chi connectivity index (χ1) is 9.81. The normalized spacial score (nSPS) is 11.4. The van der Waals surface area contributed by atoms with Gasteiger partial charge in [-0.25, -0.2) is 13.1 Å². The molecule has 1 aromatic rings. The lowest BCUT2D eigenvalue weighted by atomic mass is 10.1. The molecule has 0 aromatic heterocycles. The van der Waals surface area contributed by atoms with Crippen LogP contribution < -0.4 is 15.4 Å². The summed E-state index contributed by atoms with van der Waals surface area (Å²) in [6, 6.07) is 6.78. The van der Waals surface area contributed by atoms with E-state index in [2.05, 4.69) is 24.6 Å². The third-order valence-electron chi connectivity index (χ3n) is 3.00. The van der Waals surface area contributed by atoms with Crippen molar-refractivity contribution in [1.82, 2.24) is 4.72 Å². The lowest BCUT2D eigenvalue weighted by Gasteiger charge is -2.27. The molecule has 21 heavy (non-hydrogen) atoms. The van der Waals surface area contributed by atoms with Crippen LogP contribution in [0, 0.1) is 17.2 Å². The summed E-state index contributed by atoms with van der Waals surface area (Å²) in [5, 5.41) is 8.75. The molecule has 0 aliphatic heterocycles. The van der Waals surface area contributed by atoms with Gasteiger partial charge in [-0.1, -0.05) is 13.8 Å². The van der Waals surface area contributed by atoms with Gasteiger partial charge in [0.15, 0.2) is 0 Å². The first-order valence-electron chi connectivity index (χ1n) is 6.76. The van der Waals surface area contributed by atoms with Gasteiger partial charge in [0.25, 0.3) is 0 Å². The van der Waals surface area contributed by atoms with Crippen molar-refractivity contribution in [3.8, 4) is 6.07 Å². The highest BCUT2D eigenvalue weighted by Crippen LogP contribution is 2.27. The van der Waals surface area contributed by atoms with E-state index in [4.69, 9.17) is 11.0 Å². The summed E-state index contributed by atoms with van der Waals surface area (Å²) in [7, 11) is -2.15. The van der Waals surface area contributed by atoms with Crippen LogP contribution in [0.2, 0.25) is 0 Å². The van der Waals surface area contributed by atoms with Crippen molar-refractivity contribution >= 4 is 21.4 Å². The predicted molar refractivity (Wildman–Crippen MR) is 84.4 cm³/mol. The van der Waals surface area contributed by atoms with Crippen molar-refractivity contribution < 1.29 is 8.42 Å². The molecular weight excluding hydrogens is 288 g/mol. The fourth-order valence-corrected chi connectivity index (χ4v) is 2.81. The third kappa shape index (κ3) is 4.62. The third-order valence-corrected chi connectivity index (χ3v) is 4.41. The minimum absolute atomic E-state index is 0.135. The van der Waals surface area contributed by atoms with Crippen LogP contribution in [0.15, 0.2) is 23.1 Å². The fraction of sp³-hybridized carbons (Fsp3) is 0.500. The fourth-order valence-electron chi connectivity index (χ4n) is 2.04. The topological polar surface area (TPSA) is 99.2 Å². The van der Waals surface area contributed by atoms with E-state index in [-0.39, 0.29) is 4.90 Å². The Labute approximate surface area is 126 Å². The second-order valence-electron chi connectivity index (χ2n) is 5.18. The number of hydrogen-bond donors (Lipinski definition) is 2. The molecule has 0 aliphatic rings. The molecule has 0 unspecified atom stereocenters. The second-order valence-corrected chi connectivity index (χ2v) is 7.06. The van der Waals surface area contributed by atoms with Gasteiger partial charge in [-0.2, -0.15) is 5.26 Å². The van der Waals surface area contributed by atoms with Crippen molar-refractivity contribution in [2.24, 2.45) is 5.92 Å². The van der Waals surface area contributed by atoms with Crippen LogP contribution in [0.4, 0.5) is 11.4 Å². The molecule has 1 rings (SSSR count). The monoisotopic (exact) mass is 310 g/mol. The maximum Gasteiger partial charge on any atom is 0.240 e. The minimum atomic E-state index is -3.50. The molecule has 0 heterocycles. The molecule has 7 heteroatoms. The van der Waals surface area contributed by atoms with E-state index in [0.29, 0.717) is 24.6 Å². The summed E-state index contributed by atoms with van der Waals surface area (Å²) in [5.74, 6) is 0.406. The lowest BCUT2D eigenvalue weighted by Crippen LogP contribution is -2.29. The van der Waals surface area contributed by atoms with E-state index in [1.165, 1.54) is 19.2 Å². The quantitative estimate of drug-likeness (QED) is 0.744. The first-order valence-corrected chi connectivity index (χ1v) is 8.25. The summed E-state index contributed by atoms with van der Waals surface area (Å²) in [4.78, 5) is 2.15. The Morgan fingerprint density at radius 3 is 2.57 bits per heavy atom. The van der Waals surface area contributed by atoms with Crippen molar-refractivity contribution in [1.29, 1.82) is 5.26 Å². The second kappa shape index (κ2) is 7.29. The smallest absolute Gasteiger partial charge is 0.240 e. The molecule has 0 saturated carbocycles. The Kier molecular flexibility index (Phi) is 6.00. The average molecular weight is 310 g/mol. The van der Waals surface area contributed by atoms with Crippen molar-refractivity contribution in [3.63, 3.8) is 0 Å². The number of nitrogens with two attached hydrogens (primary N) is 1. The summed E-state index contributed by atoms with van der Waals surface area (Å²) in [6.45, 7) is 5.48. The molecular formula is C14H22N4O2S. The van der Waals surface area contributed by atoms with E-state index in [1.807, 2.05) is 4.90 Å². The van der Waals surface area contributed by atoms with Crippen LogP contribution in [0.25, 0.3) is 0 Å². The Hall–Kier alpha value is -1.78. The standard InChI is InChI=1S/C14H22N4O2S/c1-11(2)10-18(8-4-7-15)14-6-5-12(9-13(14)16)21(19,20)17-3/h5-6,9,11,17H,4,8,10,16H2,1-3H3. The van der Waals surface area contributed by atoms with E-state index in [9.17, 15) is 8.42 Å². The molecule has 1 aromatic carbocycles. The number of hydrogen-bond acceptors (Lipinski definition) is 5. The molecule has 0 aliphatic carbocycles. The molecule has 0 atom stereocenters. The zero-order chi connectivity index (χ0) is 16.0. The van der Waals surface area contributed by atoms with Gasteiger partial charge < -0.3 is 10.6 Å². The largest absolute Gasteiger partial charge is 0.397 e. The maximum atomic E-state index is 11.8. The van der Waals surface area contributed by atoms with Crippen LogP contribution in [-0.2, 0) is 10.0 Å². The van der Waals surface area contributed by atoms with Crippen LogP contribution >= 0.6 is 0 Å². The SMILES string of the molecule is CNS(=O)(=O)c1ccc(N(CCC#N)CC(C)C)c(N)c1. The zero-order valence-corrected chi connectivity index (χ0v) is 13.4. The van der Waals surface area contributed by atoms with E-state index in [1.54, 1.807) is 6.07 Å². The number of anilines is 2. The molecule has 0 radical (unpaired) electrons. The highest BCUT2D eigenvalue weighted by Gasteiger charge is 2.16. The number of nitriles is 1. The van der Waals surface area contributed by atoms with Crippen LogP contribution in [0.1, 0.15) is 20.3 Å². The minimum Gasteiger partial charge on any atom is -0.397 e. The van der Waals surface area contributed by atoms with E-state index >= 15 is 0 Å². The summed E-state index contributed by atoms with van der Waals surface area (Å²) in [6.07, 6.45) is 0.392. The zero-order valence-electron chi connectivity index (χ0n) is 12.6. The molecule has 0 bridgehead atoms. The number of nitrogens with one attached hydrogen (secondary N) is 1. The predicted octanol–water partition coefficient (Wildman–Crippen LogP) is 1.55. The number of nitrogens with zero attached hydrogens (tertiary/aromatic N) is 2. The Morgan fingerprint density at radius 1 is 1.43 bits per heavy atom. The molecule has 0 saturated heterocycles. The van der Waals surface area contributed by atoms with Gasteiger partial charge in [0.05, 0.1) is 28.8 Å². The van der Waals surface area contributed by atoms with Gasteiger partial charge in [-0.3, -0.25) is 0 Å². The molecule has 0 fully saturated rings. The van der Waals surface area contributed by atoms with Crippen LogP contribution in [0.5, 0.6) is 0 Å². The molecule has 6 nitrogen and oxygen atoms in total. The average Bonchev–Trinajstić information content (AvgIpc) is 2.43. The highest BCUT2D eigenvalue weighted by atomic mass is 32.2. The number of benzene rings is 1. The van der Waals surface area contributed by atoms with Crippen molar-refractivity contribution in [2.75, 3.05) is 30.8 Å². The molecule has 116 valence electrons. The molecule has 0 spiro atoms. The number of nitrogen functional groups attached to an aromatic ring is 1. The summed E-state index contributed by atoms with van der Waals surface area (Å²) in [5.41, 5.74) is 7.16. The Morgan fingerprint density at radius 2 is 2.10 bits per heavy atom. The van der Waals surface area contributed by atoms with Gasteiger partial charge in [-0.15, -0.1) is 0 Å². The molecule has 3 N–H and O–H groups in total.